The Morgan fingerprint density at radius 1 is 1.16 bits per heavy atom. The number of amides is 1. The predicted molar refractivity (Wildman–Crippen MR) is 87.4 cm³/mol. The lowest BCUT2D eigenvalue weighted by atomic mass is 10.3. The van der Waals surface area contributed by atoms with Crippen LogP contribution >= 0.6 is 38.5 Å². The van der Waals surface area contributed by atoms with Crippen molar-refractivity contribution in [1.82, 2.24) is 0 Å². The Hall–Kier alpha value is -1.08. The molecular formula is C14H11BrINO2. The highest BCUT2D eigenvalue weighted by molar-refractivity contribution is 14.1. The second-order valence-corrected chi connectivity index (χ2v) is 5.85. The maximum atomic E-state index is 11.8. The van der Waals surface area contributed by atoms with Gasteiger partial charge in [0, 0.05) is 8.04 Å². The third-order valence-electron chi connectivity index (χ3n) is 2.33. The molecule has 0 spiro atoms. The Labute approximate surface area is 133 Å². The lowest BCUT2D eigenvalue weighted by Gasteiger charge is -2.08. The molecule has 0 aliphatic carbocycles. The van der Waals surface area contributed by atoms with Crippen LogP contribution in [0.15, 0.2) is 53.0 Å². The molecule has 5 heteroatoms. The van der Waals surface area contributed by atoms with Gasteiger partial charge in [0.15, 0.2) is 6.61 Å². The molecule has 3 nitrogen and oxygen atoms in total. The molecule has 19 heavy (non-hydrogen) atoms. The van der Waals surface area contributed by atoms with E-state index in [4.69, 9.17) is 4.74 Å². The van der Waals surface area contributed by atoms with Gasteiger partial charge in [-0.25, -0.2) is 0 Å². The average molecular weight is 432 g/mol. The maximum absolute atomic E-state index is 11.8. The van der Waals surface area contributed by atoms with E-state index in [1.54, 1.807) is 0 Å². The largest absolute Gasteiger partial charge is 0.484 e. The second-order valence-electron chi connectivity index (χ2n) is 3.77. The first-order valence-electron chi connectivity index (χ1n) is 5.58. The van der Waals surface area contributed by atoms with E-state index in [1.807, 2.05) is 48.5 Å². The maximum Gasteiger partial charge on any atom is 0.262 e. The predicted octanol–water partition coefficient (Wildman–Crippen LogP) is 4.07. The summed E-state index contributed by atoms with van der Waals surface area (Å²) in [6.45, 7) is -0.00733. The number of rotatable bonds is 4. The van der Waals surface area contributed by atoms with Gasteiger partial charge in [0.25, 0.3) is 5.91 Å². The first-order valence-corrected chi connectivity index (χ1v) is 7.45. The van der Waals surface area contributed by atoms with Gasteiger partial charge in [0.05, 0.1) is 5.69 Å². The van der Waals surface area contributed by atoms with Crippen LogP contribution in [0.1, 0.15) is 0 Å². The molecule has 2 rings (SSSR count). The highest BCUT2D eigenvalue weighted by atomic mass is 127. The molecule has 0 radical (unpaired) electrons. The number of nitrogens with one attached hydrogen (secondary N) is 1. The van der Waals surface area contributed by atoms with Crippen LogP contribution in [-0.2, 0) is 4.79 Å². The fourth-order valence-electron chi connectivity index (χ4n) is 1.43. The van der Waals surface area contributed by atoms with E-state index < -0.39 is 0 Å². The van der Waals surface area contributed by atoms with Gasteiger partial charge >= 0.3 is 0 Å². The zero-order valence-electron chi connectivity index (χ0n) is 9.90. The number of ether oxygens (including phenoxy) is 1. The third kappa shape index (κ3) is 4.50. The summed E-state index contributed by atoms with van der Waals surface area (Å²) in [6.07, 6.45) is 0. The lowest BCUT2D eigenvalue weighted by molar-refractivity contribution is -0.118. The zero-order chi connectivity index (χ0) is 13.7. The Morgan fingerprint density at radius 3 is 2.53 bits per heavy atom. The van der Waals surface area contributed by atoms with Gasteiger partial charge in [0.1, 0.15) is 5.75 Å². The summed E-state index contributed by atoms with van der Waals surface area (Å²) < 4.78 is 7.37. The molecule has 0 saturated carbocycles. The number of hydrogen-bond donors (Lipinski definition) is 1. The van der Waals surface area contributed by atoms with Crippen LogP contribution in [0.5, 0.6) is 5.75 Å². The van der Waals surface area contributed by atoms with Gasteiger partial charge in [-0.3, -0.25) is 4.79 Å². The highest BCUT2D eigenvalue weighted by Gasteiger charge is 2.05. The molecule has 0 fully saturated rings. The molecule has 0 atom stereocenters. The number of hydrogen-bond acceptors (Lipinski definition) is 2. The summed E-state index contributed by atoms with van der Waals surface area (Å²) >= 11 is 5.52. The van der Waals surface area contributed by atoms with Crippen molar-refractivity contribution in [3.63, 3.8) is 0 Å². The van der Waals surface area contributed by atoms with Crippen LogP contribution in [0.4, 0.5) is 5.69 Å². The van der Waals surface area contributed by atoms with Crippen molar-refractivity contribution < 1.29 is 9.53 Å². The summed E-state index contributed by atoms with van der Waals surface area (Å²) in [6, 6.07) is 15.0. The van der Waals surface area contributed by atoms with Crippen molar-refractivity contribution in [3.8, 4) is 5.75 Å². The number of anilines is 1. The second kappa shape index (κ2) is 6.91. The third-order valence-corrected chi connectivity index (χ3v) is 3.80. The lowest BCUT2D eigenvalue weighted by Crippen LogP contribution is -2.20. The number of benzene rings is 2. The van der Waals surface area contributed by atoms with Crippen LogP contribution in [0, 0.1) is 3.57 Å². The minimum absolute atomic E-state index is 0.00733. The zero-order valence-corrected chi connectivity index (χ0v) is 13.6. The molecule has 98 valence electrons. The number of carbonyl (C=O) groups excluding carboxylic acids is 1. The highest BCUT2D eigenvalue weighted by Crippen LogP contribution is 2.18. The number of halogens is 2. The van der Waals surface area contributed by atoms with Gasteiger partial charge in [-0.15, -0.1) is 0 Å². The monoisotopic (exact) mass is 431 g/mol. The van der Waals surface area contributed by atoms with E-state index in [0.29, 0.717) is 5.75 Å². The van der Waals surface area contributed by atoms with Crippen molar-refractivity contribution in [3.05, 3.63) is 56.6 Å². The quantitative estimate of drug-likeness (QED) is 0.741. The number of para-hydroxylation sites is 1. The molecule has 2 aromatic rings. The standard InChI is InChI=1S/C14H11BrINO2/c15-10-5-7-11(8-6-10)19-9-14(18)17-13-4-2-1-3-12(13)16/h1-8H,9H2,(H,17,18). The molecule has 0 aromatic heterocycles. The Balaban J connectivity index is 1.88. The summed E-state index contributed by atoms with van der Waals surface area (Å²) in [5.74, 6) is 0.494. The summed E-state index contributed by atoms with van der Waals surface area (Å²) in [4.78, 5) is 11.8. The Kier molecular flexibility index (Phi) is 5.21. The molecule has 0 bridgehead atoms. The van der Waals surface area contributed by atoms with E-state index in [9.17, 15) is 4.79 Å². The van der Waals surface area contributed by atoms with Crippen LogP contribution in [0.25, 0.3) is 0 Å². The van der Waals surface area contributed by atoms with Crippen molar-refractivity contribution in [2.45, 2.75) is 0 Å². The summed E-state index contributed by atoms with van der Waals surface area (Å²) in [5, 5.41) is 2.81. The van der Waals surface area contributed by atoms with E-state index in [0.717, 1.165) is 13.7 Å². The minimum Gasteiger partial charge on any atom is -0.484 e. The van der Waals surface area contributed by atoms with E-state index in [2.05, 4.69) is 43.8 Å². The first kappa shape index (κ1) is 14.3. The fourth-order valence-corrected chi connectivity index (χ4v) is 2.22. The van der Waals surface area contributed by atoms with Crippen LogP contribution < -0.4 is 10.1 Å². The van der Waals surface area contributed by atoms with E-state index in [-0.39, 0.29) is 12.5 Å². The molecule has 0 aliphatic rings. The molecule has 0 aliphatic heterocycles. The first-order chi connectivity index (χ1) is 9.15. The van der Waals surface area contributed by atoms with Crippen LogP contribution in [-0.4, -0.2) is 12.5 Å². The normalized spacial score (nSPS) is 10.0. The molecule has 0 heterocycles. The van der Waals surface area contributed by atoms with Gasteiger partial charge in [-0.2, -0.15) is 0 Å². The average Bonchev–Trinajstić information content (AvgIpc) is 2.41. The molecule has 0 unspecified atom stereocenters. The van der Waals surface area contributed by atoms with Crippen molar-refractivity contribution >= 4 is 50.1 Å². The van der Waals surface area contributed by atoms with Gasteiger partial charge in [0.2, 0.25) is 0 Å². The van der Waals surface area contributed by atoms with Crippen LogP contribution in [0.2, 0.25) is 0 Å². The number of carbonyl (C=O) groups is 1. The molecule has 0 saturated heterocycles. The SMILES string of the molecule is O=C(COc1ccc(Br)cc1)Nc1ccccc1I. The fraction of sp³-hybridized carbons (Fsp3) is 0.0714. The minimum atomic E-state index is -0.174. The van der Waals surface area contributed by atoms with E-state index >= 15 is 0 Å². The van der Waals surface area contributed by atoms with E-state index in [1.165, 1.54) is 0 Å². The topological polar surface area (TPSA) is 38.3 Å². The molecule has 1 amide bonds. The Morgan fingerprint density at radius 2 is 1.84 bits per heavy atom. The summed E-state index contributed by atoms with van der Waals surface area (Å²) in [5.41, 5.74) is 0.799. The molecular weight excluding hydrogens is 421 g/mol. The smallest absolute Gasteiger partial charge is 0.262 e. The molecule has 1 N–H and O–H groups in total. The van der Waals surface area contributed by atoms with Crippen LogP contribution in [0.3, 0.4) is 0 Å². The van der Waals surface area contributed by atoms with Gasteiger partial charge in [-0.05, 0) is 59.0 Å². The molecule has 2 aromatic carbocycles. The van der Waals surface area contributed by atoms with Crippen molar-refractivity contribution in [1.29, 1.82) is 0 Å². The van der Waals surface area contributed by atoms with Gasteiger partial charge < -0.3 is 10.1 Å². The van der Waals surface area contributed by atoms with Crippen molar-refractivity contribution in [2.24, 2.45) is 0 Å². The van der Waals surface area contributed by atoms with Crippen molar-refractivity contribution in [2.75, 3.05) is 11.9 Å². The summed E-state index contributed by atoms with van der Waals surface area (Å²) in [7, 11) is 0. The Bertz CT molecular complexity index is 572. The van der Waals surface area contributed by atoms with Gasteiger partial charge in [-0.1, -0.05) is 28.1 Å².